The summed E-state index contributed by atoms with van der Waals surface area (Å²) in [6.45, 7) is 3.10. The van der Waals surface area contributed by atoms with Crippen LogP contribution in [-0.2, 0) is 11.2 Å². The molecule has 5 heteroatoms. The molecule has 0 atom stereocenters. The van der Waals surface area contributed by atoms with Crippen molar-refractivity contribution in [2.24, 2.45) is 0 Å². The van der Waals surface area contributed by atoms with Gasteiger partial charge in [-0.2, -0.15) is 0 Å². The van der Waals surface area contributed by atoms with Crippen LogP contribution in [0.4, 0.5) is 5.69 Å². The zero-order chi connectivity index (χ0) is 17.1. The predicted molar refractivity (Wildman–Crippen MR) is 95.3 cm³/mol. The molecule has 1 fully saturated rings. The molecule has 0 radical (unpaired) electrons. The summed E-state index contributed by atoms with van der Waals surface area (Å²) in [5, 5.41) is 0. The molecule has 24 heavy (non-hydrogen) atoms. The van der Waals surface area contributed by atoms with Gasteiger partial charge >= 0.3 is 0 Å². The molecular formula is C19H25N3O2. The number of rotatable bonds is 4. The van der Waals surface area contributed by atoms with E-state index in [1.165, 1.54) is 0 Å². The van der Waals surface area contributed by atoms with Crippen LogP contribution in [0.15, 0.2) is 30.4 Å². The number of hydrogen-bond donors (Lipinski definition) is 0. The van der Waals surface area contributed by atoms with Crippen molar-refractivity contribution < 1.29 is 9.59 Å². The molecule has 3 rings (SSSR count). The molecule has 5 nitrogen and oxygen atoms in total. The third-order valence-electron chi connectivity index (χ3n) is 4.62. The monoisotopic (exact) mass is 327 g/mol. The number of benzene rings is 1. The van der Waals surface area contributed by atoms with Gasteiger partial charge in [-0.15, -0.1) is 0 Å². The first-order valence-corrected chi connectivity index (χ1v) is 8.61. The van der Waals surface area contributed by atoms with Gasteiger partial charge in [-0.25, -0.2) is 0 Å². The van der Waals surface area contributed by atoms with Gasteiger partial charge in [0.2, 0.25) is 0 Å². The Morgan fingerprint density at radius 3 is 2.62 bits per heavy atom. The molecule has 0 aromatic heterocycles. The number of amides is 2. The number of likely N-dealkylation sites (tertiary alicyclic amines) is 1. The van der Waals surface area contributed by atoms with Crippen LogP contribution in [0.25, 0.3) is 0 Å². The molecule has 2 amide bonds. The molecule has 0 spiro atoms. The maximum atomic E-state index is 12.6. The van der Waals surface area contributed by atoms with Crippen LogP contribution in [-0.4, -0.2) is 61.9 Å². The van der Waals surface area contributed by atoms with Crippen molar-refractivity contribution >= 4 is 17.5 Å². The van der Waals surface area contributed by atoms with E-state index >= 15 is 0 Å². The van der Waals surface area contributed by atoms with Gasteiger partial charge in [0.15, 0.2) is 0 Å². The van der Waals surface area contributed by atoms with E-state index in [4.69, 9.17) is 0 Å². The van der Waals surface area contributed by atoms with Crippen molar-refractivity contribution in [3.8, 4) is 0 Å². The van der Waals surface area contributed by atoms with Gasteiger partial charge in [0.25, 0.3) is 11.8 Å². The fraction of sp³-hybridized carbons (Fsp3) is 0.474. The lowest BCUT2D eigenvalue weighted by atomic mass is 10.1. The van der Waals surface area contributed by atoms with Gasteiger partial charge in [0.05, 0.1) is 0 Å². The van der Waals surface area contributed by atoms with Crippen LogP contribution in [0.5, 0.6) is 0 Å². The average Bonchev–Trinajstić information content (AvgIpc) is 3.22. The summed E-state index contributed by atoms with van der Waals surface area (Å²) in [5.41, 5.74) is 2.72. The largest absolute Gasteiger partial charge is 0.339 e. The Bertz CT molecular complexity index is 661. The second-order valence-electron chi connectivity index (χ2n) is 6.75. The summed E-state index contributed by atoms with van der Waals surface area (Å²) >= 11 is 0. The Morgan fingerprint density at radius 1 is 1.17 bits per heavy atom. The minimum atomic E-state index is -0.0126. The molecule has 0 bridgehead atoms. The molecule has 0 N–H and O–H groups in total. The topological polar surface area (TPSA) is 43.9 Å². The van der Waals surface area contributed by atoms with E-state index in [1.807, 2.05) is 48.2 Å². The first-order chi connectivity index (χ1) is 11.6. The van der Waals surface area contributed by atoms with E-state index in [0.717, 1.165) is 50.1 Å². The number of likely N-dealkylation sites (N-methyl/N-ethyl adjacent to an activating group) is 1. The number of fused-ring (bicyclic) bond motifs is 1. The van der Waals surface area contributed by atoms with Crippen molar-refractivity contribution in [1.82, 2.24) is 9.80 Å². The van der Waals surface area contributed by atoms with Crippen LogP contribution in [0.3, 0.4) is 0 Å². The molecule has 0 aliphatic carbocycles. The second-order valence-corrected chi connectivity index (χ2v) is 6.75. The highest BCUT2D eigenvalue weighted by Crippen LogP contribution is 2.30. The fourth-order valence-electron chi connectivity index (χ4n) is 3.30. The number of carbonyl (C=O) groups excluding carboxylic acids is 2. The zero-order valence-electron chi connectivity index (χ0n) is 14.5. The van der Waals surface area contributed by atoms with Crippen molar-refractivity contribution in [2.45, 2.75) is 19.3 Å². The van der Waals surface area contributed by atoms with E-state index in [-0.39, 0.29) is 11.8 Å². The highest BCUT2D eigenvalue weighted by molar-refractivity contribution is 6.04. The van der Waals surface area contributed by atoms with E-state index in [9.17, 15) is 9.59 Å². The Balaban J connectivity index is 1.77. The smallest absolute Gasteiger partial charge is 0.253 e. The molecule has 0 unspecified atom stereocenters. The van der Waals surface area contributed by atoms with Crippen LogP contribution >= 0.6 is 0 Å². The van der Waals surface area contributed by atoms with Gasteiger partial charge in [-0.05, 0) is 51.1 Å². The normalized spacial score (nSPS) is 17.1. The fourth-order valence-corrected chi connectivity index (χ4v) is 3.30. The Hall–Kier alpha value is -2.14. The molecule has 128 valence electrons. The average molecular weight is 327 g/mol. The molecule has 2 aliphatic rings. The first kappa shape index (κ1) is 16.7. The molecule has 1 aromatic rings. The Morgan fingerprint density at radius 2 is 1.92 bits per heavy atom. The lowest BCUT2D eigenvalue weighted by molar-refractivity contribution is -0.114. The summed E-state index contributed by atoms with van der Waals surface area (Å²) < 4.78 is 0. The molecule has 1 aromatic carbocycles. The maximum Gasteiger partial charge on any atom is 0.253 e. The van der Waals surface area contributed by atoms with Crippen LogP contribution in [0.2, 0.25) is 0 Å². The number of carbonyl (C=O) groups is 2. The molecule has 1 saturated heterocycles. The van der Waals surface area contributed by atoms with E-state index in [2.05, 4.69) is 0 Å². The van der Waals surface area contributed by atoms with Crippen molar-refractivity contribution in [2.75, 3.05) is 45.2 Å². The van der Waals surface area contributed by atoms with Crippen LogP contribution in [0.1, 0.15) is 28.8 Å². The van der Waals surface area contributed by atoms with E-state index in [1.54, 1.807) is 11.0 Å². The summed E-state index contributed by atoms with van der Waals surface area (Å²) in [5.74, 6) is 0.0686. The maximum absolute atomic E-state index is 12.6. The Labute approximate surface area is 143 Å². The number of nitrogens with zero attached hydrogens (tertiary/aromatic N) is 3. The van der Waals surface area contributed by atoms with Crippen molar-refractivity contribution in [1.29, 1.82) is 0 Å². The van der Waals surface area contributed by atoms with Gasteiger partial charge in [0, 0.05) is 43.5 Å². The third kappa shape index (κ3) is 3.51. The lowest BCUT2D eigenvalue weighted by Crippen LogP contribution is -2.29. The zero-order valence-corrected chi connectivity index (χ0v) is 14.5. The van der Waals surface area contributed by atoms with E-state index < -0.39 is 0 Å². The van der Waals surface area contributed by atoms with Crippen molar-refractivity contribution in [3.05, 3.63) is 41.5 Å². The molecule has 2 aliphatic heterocycles. The summed E-state index contributed by atoms with van der Waals surface area (Å²) in [6.07, 6.45) is 6.51. The van der Waals surface area contributed by atoms with Gasteiger partial charge in [0.1, 0.15) is 0 Å². The second kappa shape index (κ2) is 7.18. The molecule has 2 heterocycles. The summed E-state index contributed by atoms with van der Waals surface area (Å²) in [4.78, 5) is 30.7. The standard InChI is InChI=1S/C19H25N3O2/c1-20(2)10-5-6-18(23)22-13-9-15-7-8-16(14-17(15)22)19(24)21-11-3-4-12-21/h5-8,14H,3-4,9-13H2,1-2H3/b6-5+. The predicted octanol–water partition coefficient (Wildman–Crippen LogP) is 1.93. The van der Waals surface area contributed by atoms with E-state index in [0.29, 0.717) is 12.1 Å². The minimum absolute atomic E-state index is 0.0126. The summed E-state index contributed by atoms with van der Waals surface area (Å²) in [6, 6.07) is 5.78. The lowest BCUT2D eigenvalue weighted by Gasteiger charge is -2.18. The van der Waals surface area contributed by atoms with Crippen molar-refractivity contribution in [3.63, 3.8) is 0 Å². The third-order valence-corrected chi connectivity index (χ3v) is 4.62. The van der Waals surface area contributed by atoms with Crippen LogP contribution in [0, 0.1) is 0 Å². The van der Waals surface area contributed by atoms with Gasteiger partial charge < -0.3 is 14.7 Å². The van der Waals surface area contributed by atoms with Crippen LogP contribution < -0.4 is 4.90 Å². The molecular weight excluding hydrogens is 302 g/mol. The quantitative estimate of drug-likeness (QED) is 0.794. The van der Waals surface area contributed by atoms with Gasteiger partial charge in [-0.1, -0.05) is 12.1 Å². The van der Waals surface area contributed by atoms with Gasteiger partial charge in [-0.3, -0.25) is 9.59 Å². The summed E-state index contributed by atoms with van der Waals surface area (Å²) in [7, 11) is 3.94. The molecule has 0 saturated carbocycles. The number of hydrogen-bond acceptors (Lipinski definition) is 3. The highest BCUT2D eigenvalue weighted by atomic mass is 16.2. The highest BCUT2D eigenvalue weighted by Gasteiger charge is 2.26. The minimum Gasteiger partial charge on any atom is -0.339 e. The SMILES string of the molecule is CN(C)C/C=C/C(=O)N1CCc2ccc(C(=O)N3CCCC3)cc21. The first-order valence-electron chi connectivity index (χ1n) is 8.61. The Kier molecular flexibility index (Phi) is 5.00. The number of anilines is 1.